The van der Waals surface area contributed by atoms with E-state index in [1.807, 2.05) is 12.1 Å². The Hall–Kier alpha value is -1.08. The summed E-state index contributed by atoms with van der Waals surface area (Å²) in [4.78, 5) is 18.5. The van der Waals surface area contributed by atoms with Crippen LogP contribution in [0.4, 0.5) is 11.5 Å². The molecule has 0 bridgehead atoms. The Morgan fingerprint density at radius 2 is 2.05 bits per heavy atom. The van der Waals surface area contributed by atoms with Gasteiger partial charge in [0.25, 0.3) is 5.91 Å². The second-order valence-corrected chi connectivity index (χ2v) is 4.90. The lowest BCUT2D eigenvalue weighted by molar-refractivity contribution is -0.125. The molecule has 1 amide bonds. The molecule has 126 valence electrons. The van der Waals surface area contributed by atoms with Crippen molar-refractivity contribution >= 4 is 42.2 Å². The van der Waals surface area contributed by atoms with Gasteiger partial charge in [0.2, 0.25) is 0 Å². The summed E-state index contributed by atoms with van der Waals surface area (Å²) in [5, 5.41) is 2.75. The first kappa shape index (κ1) is 20.9. The van der Waals surface area contributed by atoms with E-state index in [0.717, 1.165) is 18.9 Å². The number of hydrogen-bond donors (Lipinski definition) is 2. The van der Waals surface area contributed by atoms with E-state index in [0.29, 0.717) is 5.69 Å². The van der Waals surface area contributed by atoms with E-state index in [-0.39, 0.29) is 37.3 Å². The van der Waals surface area contributed by atoms with Crippen molar-refractivity contribution in [1.82, 2.24) is 4.98 Å². The number of methoxy groups -OCH3 is 1. The fourth-order valence-corrected chi connectivity index (χ4v) is 2.30. The van der Waals surface area contributed by atoms with Crippen LogP contribution in [0.2, 0.25) is 0 Å². The number of nitrogens with zero attached hydrogens (tertiary/aromatic N) is 2. The topological polar surface area (TPSA) is 80.5 Å². The summed E-state index contributed by atoms with van der Waals surface area (Å²) >= 11 is 0. The first-order chi connectivity index (χ1) is 9.74. The lowest BCUT2D eigenvalue weighted by Crippen LogP contribution is -2.36. The molecular weight excluding hydrogens is 327 g/mol. The summed E-state index contributed by atoms with van der Waals surface area (Å²) in [5.41, 5.74) is 6.11. The van der Waals surface area contributed by atoms with E-state index in [1.54, 1.807) is 6.20 Å². The highest BCUT2D eigenvalue weighted by Crippen LogP contribution is 2.19. The average molecular weight is 351 g/mol. The van der Waals surface area contributed by atoms with Crippen LogP contribution in [0.3, 0.4) is 0 Å². The molecule has 22 heavy (non-hydrogen) atoms. The molecule has 2 heterocycles. The van der Waals surface area contributed by atoms with E-state index in [1.165, 1.54) is 26.4 Å². The van der Waals surface area contributed by atoms with Crippen molar-refractivity contribution in [3.05, 3.63) is 18.3 Å². The second-order valence-electron chi connectivity index (χ2n) is 4.90. The number of hydrogen-bond acceptors (Lipinski definition) is 5. The van der Waals surface area contributed by atoms with E-state index in [2.05, 4.69) is 15.2 Å². The molecule has 0 spiro atoms. The largest absolute Gasteiger partial charge is 0.370 e. The van der Waals surface area contributed by atoms with Crippen LogP contribution in [0.1, 0.15) is 19.3 Å². The molecule has 8 heteroatoms. The van der Waals surface area contributed by atoms with Crippen molar-refractivity contribution in [3.63, 3.8) is 0 Å². The minimum Gasteiger partial charge on any atom is -0.370 e. The smallest absolute Gasteiger partial charge is 0.254 e. The number of piperidine rings is 1. The zero-order valence-electron chi connectivity index (χ0n) is 12.7. The summed E-state index contributed by atoms with van der Waals surface area (Å²) in [6, 6.07) is 3.79. The number of anilines is 2. The normalized spacial score (nSPS) is 15.3. The molecule has 3 N–H and O–H groups in total. The van der Waals surface area contributed by atoms with Gasteiger partial charge in [0.05, 0.1) is 11.9 Å². The number of carbonyl (C=O) groups is 1. The highest BCUT2D eigenvalue weighted by molar-refractivity contribution is 5.94. The molecule has 1 aliphatic rings. The van der Waals surface area contributed by atoms with Gasteiger partial charge in [-0.25, -0.2) is 4.98 Å². The van der Waals surface area contributed by atoms with E-state index >= 15 is 0 Å². The van der Waals surface area contributed by atoms with Gasteiger partial charge in [-0.3, -0.25) is 4.79 Å². The maximum absolute atomic E-state index is 11.8. The van der Waals surface area contributed by atoms with E-state index in [4.69, 9.17) is 10.5 Å². The van der Waals surface area contributed by atoms with Gasteiger partial charge in [0, 0.05) is 26.7 Å². The Labute approximate surface area is 143 Å². The molecule has 1 atom stereocenters. The van der Waals surface area contributed by atoms with E-state index < -0.39 is 6.10 Å². The third-order valence-corrected chi connectivity index (χ3v) is 3.49. The van der Waals surface area contributed by atoms with Gasteiger partial charge in [0.15, 0.2) is 0 Å². The molecule has 2 rings (SSSR count). The fraction of sp³-hybridized carbons (Fsp3) is 0.571. The molecule has 1 aliphatic heterocycles. The Bertz CT molecular complexity index is 435. The van der Waals surface area contributed by atoms with Crippen molar-refractivity contribution in [2.24, 2.45) is 5.73 Å². The zero-order valence-corrected chi connectivity index (χ0v) is 14.3. The Balaban J connectivity index is 0.00000220. The number of nitrogens with two attached hydrogens (primary N) is 1. The van der Waals surface area contributed by atoms with Gasteiger partial charge < -0.3 is 20.7 Å². The van der Waals surface area contributed by atoms with Crippen LogP contribution >= 0.6 is 24.8 Å². The van der Waals surface area contributed by atoms with Gasteiger partial charge in [-0.15, -0.1) is 24.8 Å². The first-order valence-electron chi connectivity index (χ1n) is 6.99. The molecule has 6 nitrogen and oxygen atoms in total. The van der Waals surface area contributed by atoms with Crippen molar-refractivity contribution in [1.29, 1.82) is 0 Å². The summed E-state index contributed by atoms with van der Waals surface area (Å²) in [6.07, 6.45) is 4.77. The van der Waals surface area contributed by atoms with E-state index in [9.17, 15) is 4.79 Å². The third kappa shape index (κ3) is 5.61. The predicted molar refractivity (Wildman–Crippen MR) is 93.3 cm³/mol. The number of amides is 1. The molecule has 1 aromatic rings. The SMILES string of the molecule is COC(CN)C(=O)Nc1ccc(N2CCCCC2)nc1.Cl.Cl. The van der Waals surface area contributed by atoms with Gasteiger partial charge in [-0.1, -0.05) is 0 Å². The molecule has 1 aromatic heterocycles. The maximum atomic E-state index is 11.8. The van der Waals surface area contributed by atoms with Crippen LogP contribution < -0.4 is 16.0 Å². The average Bonchev–Trinajstić information content (AvgIpc) is 2.50. The van der Waals surface area contributed by atoms with Crippen molar-refractivity contribution in [3.8, 4) is 0 Å². The van der Waals surface area contributed by atoms with Crippen molar-refractivity contribution < 1.29 is 9.53 Å². The maximum Gasteiger partial charge on any atom is 0.254 e. The highest BCUT2D eigenvalue weighted by Gasteiger charge is 2.16. The standard InChI is InChI=1S/C14H22N4O2.2ClH/c1-20-12(9-15)14(19)17-11-5-6-13(16-10-11)18-7-3-2-4-8-18;;/h5-6,10,12H,2-4,7-9,15H2,1H3,(H,17,19);2*1H. The number of carbonyl (C=O) groups excluding carboxylic acids is 1. The number of halogens is 2. The Morgan fingerprint density at radius 1 is 1.36 bits per heavy atom. The molecular formula is C14H24Cl2N4O2. The zero-order chi connectivity index (χ0) is 14.4. The summed E-state index contributed by atoms with van der Waals surface area (Å²) in [6.45, 7) is 2.26. The summed E-state index contributed by atoms with van der Waals surface area (Å²) in [7, 11) is 1.47. The molecule has 0 aliphatic carbocycles. The van der Waals surface area contributed by atoms with Crippen LogP contribution in [0.15, 0.2) is 18.3 Å². The highest BCUT2D eigenvalue weighted by atomic mass is 35.5. The van der Waals surface area contributed by atoms with Crippen LogP contribution in [0.25, 0.3) is 0 Å². The van der Waals surface area contributed by atoms with Crippen LogP contribution in [-0.2, 0) is 9.53 Å². The van der Waals surface area contributed by atoms with Gasteiger partial charge in [-0.2, -0.15) is 0 Å². The fourth-order valence-electron chi connectivity index (χ4n) is 2.30. The predicted octanol–water partition coefficient (Wildman–Crippen LogP) is 1.83. The number of pyridine rings is 1. The van der Waals surface area contributed by atoms with Crippen LogP contribution in [0.5, 0.6) is 0 Å². The number of ether oxygens (including phenoxy) is 1. The number of rotatable bonds is 5. The van der Waals surface area contributed by atoms with Gasteiger partial charge in [-0.05, 0) is 31.4 Å². The Kier molecular flexibility index (Phi) is 10.1. The molecule has 1 saturated heterocycles. The molecule has 1 fully saturated rings. The molecule has 1 unspecified atom stereocenters. The lowest BCUT2D eigenvalue weighted by Gasteiger charge is -2.27. The van der Waals surface area contributed by atoms with Crippen LogP contribution in [-0.4, -0.2) is 43.7 Å². The van der Waals surface area contributed by atoms with Crippen molar-refractivity contribution in [2.45, 2.75) is 25.4 Å². The second kappa shape index (κ2) is 10.6. The minimum atomic E-state index is -0.628. The minimum absolute atomic E-state index is 0. The first-order valence-corrected chi connectivity index (χ1v) is 6.99. The Morgan fingerprint density at radius 3 is 2.55 bits per heavy atom. The molecule has 0 aromatic carbocycles. The summed E-state index contributed by atoms with van der Waals surface area (Å²) < 4.78 is 4.99. The van der Waals surface area contributed by atoms with Crippen molar-refractivity contribution in [2.75, 3.05) is 37.0 Å². The lowest BCUT2D eigenvalue weighted by atomic mass is 10.1. The number of nitrogens with one attached hydrogen (secondary N) is 1. The van der Waals surface area contributed by atoms with Crippen LogP contribution in [0, 0.1) is 0 Å². The summed E-state index contributed by atoms with van der Waals surface area (Å²) in [5.74, 6) is 0.715. The third-order valence-electron chi connectivity index (χ3n) is 3.49. The van der Waals surface area contributed by atoms with Gasteiger partial charge >= 0.3 is 0 Å². The number of aromatic nitrogens is 1. The monoisotopic (exact) mass is 350 g/mol. The molecule has 0 radical (unpaired) electrons. The quantitative estimate of drug-likeness (QED) is 0.846. The molecule has 0 saturated carbocycles. The van der Waals surface area contributed by atoms with Gasteiger partial charge in [0.1, 0.15) is 11.9 Å².